The number of piperazine rings is 1. The van der Waals surface area contributed by atoms with E-state index < -0.39 is 16.1 Å². The molecule has 1 saturated heterocycles. The van der Waals surface area contributed by atoms with Gasteiger partial charge in [-0.2, -0.15) is 4.31 Å². The smallest absolute Gasteiger partial charge is 0.267 e. The van der Waals surface area contributed by atoms with Gasteiger partial charge in [-0.3, -0.25) is 4.79 Å². The number of amides is 1. The summed E-state index contributed by atoms with van der Waals surface area (Å²) in [5.41, 5.74) is 0.959. The molecule has 0 bridgehead atoms. The molecule has 5 rings (SSSR count). The summed E-state index contributed by atoms with van der Waals surface area (Å²) in [5, 5.41) is 1.58. The van der Waals surface area contributed by atoms with Crippen LogP contribution in [-0.4, -0.2) is 76.5 Å². The first-order chi connectivity index (χ1) is 16.4. The highest BCUT2D eigenvalue weighted by Crippen LogP contribution is 2.33. The van der Waals surface area contributed by atoms with E-state index in [1.807, 2.05) is 55.4 Å². The maximum Gasteiger partial charge on any atom is 0.267 e. The number of ether oxygens (including phenoxy) is 2. The summed E-state index contributed by atoms with van der Waals surface area (Å²) in [5.74, 6) is 0.976. The van der Waals surface area contributed by atoms with Crippen molar-refractivity contribution >= 4 is 32.4 Å². The first-order valence-electron chi connectivity index (χ1n) is 11.2. The summed E-state index contributed by atoms with van der Waals surface area (Å²) >= 11 is 0. The average molecular weight is 482 g/mol. The number of sulfonamides is 1. The summed E-state index contributed by atoms with van der Waals surface area (Å²) in [6, 6.07) is 18.3. The molecule has 8 nitrogen and oxygen atoms in total. The van der Waals surface area contributed by atoms with Gasteiger partial charge in [-0.05, 0) is 24.3 Å². The second kappa shape index (κ2) is 8.81. The van der Waals surface area contributed by atoms with Gasteiger partial charge in [-0.25, -0.2) is 8.42 Å². The minimum absolute atomic E-state index is 0.137. The lowest BCUT2D eigenvalue weighted by atomic mass is 10.1. The minimum atomic E-state index is -3.72. The second-order valence-electron chi connectivity index (χ2n) is 8.62. The Bertz CT molecular complexity index is 1330. The Morgan fingerprint density at radius 3 is 2.29 bits per heavy atom. The lowest BCUT2D eigenvalue weighted by Gasteiger charge is -2.36. The van der Waals surface area contributed by atoms with Crippen LogP contribution in [0.15, 0.2) is 65.6 Å². The van der Waals surface area contributed by atoms with Gasteiger partial charge in [0.1, 0.15) is 6.61 Å². The Morgan fingerprint density at radius 1 is 0.882 bits per heavy atom. The van der Waals surface area contributed by atoms with Crippen LogP contribution in [0.4, 0.5) is 5.69 Å². The van der Waals surface area contributed by atoms with Crippen molar-refractivity contribution < 1.29 is 22.7 Å². The molecule has 0 aromatic heterocycles. The first-order valence-corrected chi connectivity index (χ1v) is 12.7. The molecule has 0 aliphatic carbocycles. The number of hydrogen-bond acceptors (Lipinski definition) is 6. The molecule has 1 fully saturated rings. The zero-order chi connectivity index (χ0) is 23.9. The third-order valence-electron chi connectivity index (χ3n) is 6.29. The van der Waals surface area contributed by atoms with E-state index in [0.717, 1.165) is 11.1 Å². The number of carbonyl (C=O) groups excluding carboxylic acids is 1. The molecule has 0 N–H and O–H groups in total. The van der Waals surface area contributed by atoms with Crippen molar-refractivity contribution in [2.75, 3.05) is 51.8 Å². The average Bonchev–Trinajstić information content (AvgIpc) is 2.87. The lowest BCUT2D eigenvalue weighted by molar-refractivity contribution is -0.142. The number of hydrogen-bond donors (Lipinski definition) is 0. The number of rotatable bonds is 4. The van der Waals surface area contributed by atoms with Crippen molar-refractivity contribution in [1.29, 1.82) is 0 Å². The number of para-hydroxylation sites is 2. The fourth-order valence-electron chi connectivity index (χ4n) is 4.51. The molecular weight excluding hydrogens is 454 g/mol. The Morgan fingerprint density at radius 2 is 1.56 bits per heavy atom. The molecule has 178 valence electrons. The van der Waals surface area contributed by atoms with Gasteiger partial charge >= 0.3 is 0 Å². The second-order valence-corrected chi connectivity index (χ2v) is 10.5. The van der Waals surface area contributed by atoms with Crippen molar-refractivity contribution in [3.8, 4) is 11.5 Å². The van der Waals surface area contributed by atoms with Gasteiger partial charge in [0.05, 0.1) is 4.90 Å². The molecule has 3 aromatic carbocycles. The third kappa shape index (κ3) is 3.95. The van der Waals surface area contributed by atoms with Crippen LogP contribution in [-0.2, 0) is 14.8 Å². The molecule has 2 aliphatic rings. The van der Waals surface area contributed by atoms with Crippen LogP contribution in [0.3, 0.4) is 0 Å². The van der Waals surface area contributed by atoms with E-state index in [1.54, 1.807) is 29.2 Å². The van der Waals surface area contributed by atoms with Gasteiger partial charge in [0.2, 0.25) is 16.1 Å². The predicted octanol–water partition coefficient (Wildman–Crippen LogP) is 2.58. The molecule has 1 atom stereocenters. The molecule has 2 aliphatic heterocycles. The standard InChI is InChI=1S/C25H27N3O5S/c1-26(2)20-9-5-8-19-18(20)7-6-12-24(19)34(30,31)28-15-13-27(14-16-28)25(29)23-17-32-21-10-3-4-11-22(21)33-23/h3-12,23H,13-17H2,1-2H3. The fourth-order valence-corrected chi connectivity index (χ4v) is 6.14. The number of fused-ring (bicyclic) bond motifs is 2. The number of carbonyl (C=O) groups is 1. The van der Waals surface area contributed by atoms with E-state index >= 15 is 0 Å². The van der Waals surface area contributed by atoms with Gasteiger partial charge in [-0.1, -0.05) is 36.4 Å². The SMILES string of the molecule is CN(C)c1cccc2c(S(=O)(=O)N3CCN(C(=O)C4COc5ccccc5O4)CC3)cccc12. The van der Waals surface area contributed by atoms with Gasteiger partial charge in [0, 0.05) is 56.7 Å². The molecule has 0 radical (unpaired) electrons. The van der Waals surface area contributed by atoms with Gasteiger partial charge in [0.25, 0.3) is 5.91 Å². The first kappa shape index (κ1) is 22.5. The number of nitrogens with zero attached hydrogens (tertiary/aromatic N) is 3. The Kier molecular flexibility index (Phi) is 5.83. The highest BCUT2D eigenvalue weighted by atomic mass is 32.2. The topological polar surface area (TPSA) is 79.4 Å². The normalized spacial score (nSPS) is 18.6. The van der Waals surface area contributed by atoms with Crippen molar-refractivity contribution in [3.05, 3.63) is 60.7 Å². The summed E-state index contributed by atoms with van der Waals surface area (Å²) in [6.07, 6.45) is -0.736. The molecule has 1 unspecified atom stereocenters. The predicted molar refractivity (Wildman–Crippen MR) is 130 cm³/mol. The molecule has 0 saturated carbocycles. The van der Waals surface area contributed by atoms with Crippen LogP contribution in [0, 0.1) is 0 Å². The van der Waals surface area contributed by atoms with Crippen LogP contribution in [0.5, 0.6) is 11.5 Å². The third-order valence-corrected chi connectivity index (χ3v) is 8.25. The van der Waals surface area contributed by atoms with Crippen LogP contribution >= 0.6 is 0 Å². The quantitative estimate of drug-likeness (QED) is 0.570. The summed E-state index contributed by atoms with van der Waals surface area (Å²) in [7, 11) is 0.149. The van der Waals surface area contributed by atoms with Crippen LogP contribution in [0.25, 0.3) is 10.8 Å². The van der Waals surface area contributed by atoms with Crippen LogP contribution in [0.2, 0.25) is 0 Å². The Balaban J connectivity index is 1.31. The highest BCUT2D eigenvalue weighted by Gasteiger charge is 2.36. The summed E-state index contributed by atoms with van der Waals surface area (Å²) in [6.45, 7) is 1.18. The van der Waals surface area contributed by atoms with E-state index in [-0.39, 0.29) is 30.5 Å². The number of anilines is 1. The Hall–Kier alpha value is -3.30. The van der Waals surface area contributed by atoms with E-state index in [4.69, 9.17) is 9.47 Å². The van der Waals surface area contributed by atoms with Crippen molar-refractivity contribution in [1.82, 2.24) is 9.21 Å². The van der Waals surface area contributed by atoms with Gasteiger partial charge in [0.15, 0.2) is 11.5 Å². The van der Waals surface area contributed by atoms with E-state index in [9.17, 15) is 13.2 Å². The van der Waals surface area contributed by atoms with Crippen molar-refractivity contribution in [3.63, 3.8) is 0 Å². The van der Waals surface area contributed by atoms with Crippen molar-refractivity contribution in [2.45, 2.75) is 11.0 Å². The molecule has 9 heteroatoms. The highest BCUT2D eigenvalue weighted by molar-refractivity contribution is 7.89. The lowest BCUT2D eigenvalue weighted by Crippen LogP contribution is -2.55. The molecule has 2 heterocycles. The van der Waals surface area contributed by atoms with Crippen LogP contribution in [0.1, 0.15) is 0 Å². The maximum absolute atomic E-state index is 13.6. The van der Waals surface area contributed by atoms with E-state index in [1.165, 1.54) is 4.31 Å². The van der Waals surface area contributed by atoms with Crippen LogP contribution < -0.4 is 14.4 Å². The maximum atomic E-state index is 13.6. The molecular formula is C25H27N3O5S. The monoisotopic (exact) mass is 481 g/mol. The molecule has 1 amide bonds. The van der Waals surface area contributed by atoms with Gasteiger partial charge < -0.3 is 19.3 Å². The number of benzene rings is 3. The molecule has 34 heavy (non-hydrogen) atoms. The van der Waals surface area contributed by atoms with Gasteiger partial charge in [-0.15, -0.1) is 0 Å². The summed E-state index contributed by atoms with van der Waals surface area (Å²) < 4.78 is 40.1. The minimum Gasteiger partial charge on any atom is -0.485 e. The molecule has 0 spiro atoms. The largest absolute Gasteiger partial charge is 0.485 e. The van der Waals surface area contributed by atoms with Crippen molar-refractivity contribution in [2.24, 2.45) is 0 Å². The zero-order valence-corrected chi connectivity index (χ0v) is 20.0. The zero-order valence-electron chi connectivity index (χ0n) is 19.2. The molecule has 3 aromatic rings. The summed E-state index contributed by atoms with van der Waals surface area (Å²) in [4.78, 5) is 16.9. The van der Waals surface area contributed by atoms with E-state index in [2.05, 4.69) is 0 Å². The Labute approximate surface area is 199 Å². The van der Waals surface area contributed by atoms with E-state index in [0.29, 0.717) is 30.0 Å². The fraction of sp³-hybridized carbons (Fsp3) is 0.320.